The molecule has 2 heterocycles. The van der Waals surface area contributed by atoms with Crippen molar-refractivity contribution in [1.82, 2.24) is 20.0 Å². The Balaban J connectivity index is 1.88. The van der Waals surface area contributed by atoms with E-state index in [0.717, 1.165) is 5.56 Å². The van der Waals surface area contributed by atoms with E-state index in [-0.39, 0.29) is 5.91 Å². The molecule has 0 fully saturated rings. The Hall–Kier alpha value is -2.89. The number of carbonyl (C=O) groups is 1. The van der Waals surface area contributed by atoms with Crippen LogP contribution in [0.15, 0.2) is 48.8 Å². The van der Waals surface area contributed by atoms with Gasteiger partial charge in [-0.15, -0.1) is 0 Å². The number of H-pyrrole nitrogens is 1. The lowest BCUT2D eigenvalue weighted by molar-refractivity contribution is 0.102. The SMILES string of the molecule is Cn1ccc(NC(=O)c2cn[nH]c2-c2ccccc2)n1. The number of aryl methyl sites for hydroxylation is 1. The molecule has 0 unspecified atom stereocenters. The first-order valence-electron chi connectivity index (χ1n) is 6.14. The molecule has 0 aliphatic rings. The minimum Gasteiger partial charge on any atom is -0.305 e. The Morgan fingerprint density at radius 3 is 2.75 bits per heavy atom. The predicted octanol–water partition coefficient (Wildman–Crippen LogP) is 2.06. The zero-order valence-corrected chi connectivity index (χ0v) is 10.9. The summed E-state index contributed by atoms with van der Waals surface area (Å²) in [4.78, 5) is 12.3. The second kappa shape index (κ2) is 5.00. The lowest BCUT2D eigenvalue weighted by Crippen LogP contribution is -2.12. The van der Waals surface area contributed by atoms with Gasteiger partial charge >= 0.3 is 0 Å². The highest BCUT2D eigenvalue weighted by Crippen LogP contribution is 2.21. The van der Waals surface area contributed by atoms with Crippen LogP contribution in [0.1, 0.15) is 10.4 Å². The third-order valence-corrected chi connectivity index (χ3v) is 2.90. The van der Waals surface area contributed by atoms with Crippen molar-refractivity contribution in [2.45, 2.75) is 0 Å². The maximum absolute atomic E-state index is 12.3. The van der Waals surface area contributed by atoms with Gasteiger partial charge in [0.15, 0.2) is 5.82 Å². The molecule has 0 bridgehead atoms. The fraction of sp³-hybridized carbons (Fsp3) is 0.0714. The molecule has 0 aliphatic carbocycles. The van der Waals surface area contributed by atoms with Crippen molar-refractivity contribution in [3.63, 3.8) is 0 Å². The Morgan fingerprint density at radius 2 is 2.05 bits per heavy atom. The third kappa shape index (κ3) is 2.31. The van der Waals surface area contributed by atoms with Crippen molar-refractivity contribution in [3.05, 3.63) is 54.4 Å². The molecule has 1 aromatic carbocycles. The third-order valence-electron chi connectivity index (χ3n) is 2.90. The van der Waals surface area contributed by atoms with Crippen molar-refractivity contribution in [2.75, 3.05) is 5.32 Å². The van der Waals surface area contributed by atoms with Crippen LogP contribution in [-0.4, -0.2) is 25.9 Å². The largest absolute Gasteiger partial charge is 0.305 e. The van der Waals surface area contributed by atoms with E-state index in [2.05, 4.69) is 20.6 Å². The van der Waals surface area contributed by atoms with E-state index in [1.54, 1.807) is 24.0 Å². The molecule has 1 amide bonds. The summed E-state index contributed by atoms with van der Waals surface area (Å²) >= 11 is 0. The van der Waals surface area contributed by atoms with Gasteiger partial charge in [0, 0.05) is 24.9 Å². The van der Waals surface area contributed by atoms with Crippen molar-refractivity contribution < 1.29 is 4.79 Å². The molecule has 3 aromatic rings. The summed E-state index contributed by atoms with van der Waals surface area (Å²) in [6.45, 7) is 0. The molecule has 20 heavy (non-hydrogen) atoms. The number of amides is 1. The molecule has 6 heteroatoms. The van der Waals surface area contributed by atoms with Gasteiger partial charge in [-0.2, -0.15) is 10.2 Å². The van der Waals surface area contributed by atoms with Crippen LogP contribution in [0, 0.1) is 0 Å². The smallest absolute Gasteiger partial charge is 0.260 e. The van der Waals surface area contributed by atoms with E-state index in [9.17, 15) is 4.79 Å². The molecular formula is C14H13N5O. The fourth-order valence-electron chi connectivity index (χ4n) is 1.95. The average Bonchev–Trinajstić information content (AvgIpc) is 3.09. The number of rotatable bonds is 3. The van der Waals surface area contributed by atoms with E-state index >= 15 is 0 Å². The van der Waals surface area contributed by atoms with Crippen LogP contribution < -0.4 is 5.32 Å². The summed E-state index contributed by atoms with van der Waals surface area (Å²) in [7, 11) is 1.79. The van der Waals surface area contributed by atoms with Gasteiger partial charge in [-0.3, -0.25) is 14.6 Å². The number of aromatic amines is 1. The molecule has 0 spiro atoms. The zero-order chi connectivity index (χ0) is 13.9. The second-order valence-corrected chi connectivity index (χ2v) is 4.35. The lowest BCUT2D eigenvalue weighted by Gasteiger charge is -2.03. The molecule has 3 rings (SSSR count). The van der Waals surface area contributed by atoms with Crippen LogP contribution in [0.25, 0.3) is 11.3 Å². The van der Waals surface area contributed by atoms with Gasteiger partial charge in [-0.1, -0.05) is 30.3 Å². The number of carbonyl (C=O) groups excluding carboxylic acids is 1. The lowest BCUT2D eigenvalue weighted by atomic mass is 10.1. The number of anilines is 1. The molecule has 0 atom stereocenters. The minimum atomic E-state index is -0.240. The maximum atomic E-state index is 12.3. The van der Waals surface area contributed by atoms with Crippen LogP contribution in [0.4, 0.5) is 5.82 Å². The molecule has 6 nitrogen and oxygen atoms in total. The predicted molar refractivity (Wildman–Crippen MR) is 75.2 cm³/mol. The molecule has 0 saturated carbocycles. The van der Waals surface area contributed by atoms with Crippen molar-refractivity contribution in [1.29, 1.82) is 0 Å². The van der Waals surface area contributed by atoms with Crippen LogP contribution >= 0.6 is 0 Å². The maximum Gasteiger partial charge on any atom is 0.260 e. The van der Waals surface area contributed by atoms with Crippen molar-refractivity contribution >= 4 is 11.7 Å². The van der Waals surface area contributed by atoms with Crippen LogP contribution in [-0.2, 0) is 7.05 Å². The number of hydrogen-bond donors (Lipinski definition) is 2. The molecule has 0 radical (unpaired) electrons. The summed E-state index contributed by atoms with van der Waals surface area (Å²) < 4.78 is 1.63. The zero-order valence-electron chi connectivity index (χ0n) is 10.9. The Labute approximate surface area is 115 Å². The topological polar surface area (TPSA) is 75.6 Å². The van der Waals surface area contributed by atoms with Gasteiger partial charge in [0.25, 0.3) is 5.91 Å². The standard InChI is InChI=1S/C14H13N5O/c1-19-8-7-12(18-19)16-14(20)11-9-15-17-13(11)10-5-3-2-4-6-10/h2-9H,1H3,(H,15,17)(H,16,18,20). The first-order chi connectivity index (χ1) is 9.74. The first kappa shape index (κ1) is 12.2. The summed E-state index contributed by atoms with van der Waals surface area (Å²) in [6.07, 6.45) is 3.28. The summed E-state index contributed by atoms with van der Waals surface area (Å²) in [5.41, 5.74) is 2.09. The summed E-state index contributed by atoms with van der Waals surface area (Å²) in [5, 5.41) is 13.7. The van der Waals surface area contributed by atoms with Gasteiger partial charge in [0.2, 0.25) is 0 Å². The van der Waals surface area contributed by atoms with Gasteiger partial charge in [-0.05, 0) is 0 Å². The second-order valence-electron chi connectivity index (χ2n) is 4.35. The van der Waals surface area contributed by atoms with Crippen LogP contribution in [0.3, 0.4) is 0 Å². The molecule has 2 N–H and O–H groups in total. The Kier molecular flexibility index (Phi) is 3.04. The highest BCUT2D eigenvalue weighted by molar-refractivity contribution is 6.07. The number of benzene rings is 1. The quantitative estimate of drug-likeness (QED) is 0.762. The molecular weight excluding hydrogens is 254 g/mol. The number of nitrogens with zero attached hydrogens (tertiary/aromatic N) is 3. The Bertz CT molecular complexity index is 729. The average molecular weight is 267 g/mol. The minimum absolute atomic E-state index is 0.240. The van der Waals surface area contributed by atoms with Gasteiger partial charge in [-0.25, -0.2) is 0 Å². The van der Waals surface area contributed by atoms with E-state index in [4.69, 9.17) is 0 Å². The van der Waals surface area contributed by atoms with Crippen LogP contribution in [0.2, 0.25) is 0 Å². The fourth-order valence-corrected chi connectivity index (χ4v) is 1.95. The highest BCUT2D eigenvalue weighted by atomic mass is 16.1. The normalized spacial score (nSPS) is 10.4. The molecule has 0 aliphatic heterocycles. The van der Waals surface area contributed by atoms with E-state index < -0.39 is 0 Å². The van der Waals surface area contributed by atoms with E-state index in [1.807, 2.05) is 30.3 Å². The molecule has 100 valence electrons. The molecule has 0 saturated heterocycles. The number of hydrogen-bond acceptors (Lipinski definition) is 3. The van der Waals surface area contributed by atoms with Gasteiger partial charge in [0.05, 0.1) is 17.5 Å². The van der Waals surface area contributed by atoms with Crippen molar-refractivity contribution in [2.24, 2.45) is 7.05 Å². The monoisotopic (exact) mass is 267 g/mol. The highest BCUT2D eigenvalue weighted by Gasteiger charge is 2.15. The van der Waals surface area contributed by atoms with Crippen LogP contribution in [0.5, 0.6) is 0 Å². The first-order valence-corrected chi connectivity index (χ1v) is 6.14. The van der Waals surface area contributed by atoms with Crippen molar-refractivity contribution in [3.8, 4) is 11.3 Å². The summed E-state index contributed by atoms with van der Waals surface area (Å²) in [6, 6.07) is 11.3. The summed E-state index contributed by atoms with van der Waals surface area (Å²) in [5.74, 6) is 0.272. The van der Waals surface area contributed by atoms with E-state index in [1.165, 1.54) is 6.20 Å². The van der Waals surface area contributed by atoms with E-state index in [0.29, 0.717) is 17.1 Å². The van der Waals surface area contributed by atoms with Gasteiger partial charge < -0.3 is 5.32 Å². The number of aromatic nitrogens is 4. The Morgan fingerprint density at radius 1 is 1.25 bits per heavy atom. The number of nitrogens with one attached hydrogen (secondary N) is 2. The van der Waals surface area contributed by atoms with Gasteiger partial charge in [0.1, 0.15) is 0 Å². The molecule has 2 aromatic heterocycles.